The number of benzene rings is 1. The number of rotatable bonds is 8. The monoisotopic (exact) mass is 431 g/mol. The van der Waals surface area contributed by atoms with Crippen LogP contribution in [0.25, 0.3) is 0 Å². The number of esters is 1. The molecule has 0 aliphatic heterocycles. The molecule has 2 heterocycles. The van der Waals surface area contributed by atoms with Gasteiger partial charge in [0.15, 0.2) is 5.13 Å². The summed E-state index contributed by atoms with van der Waals surface area (Å²) in [5.41, 5.74) is 0.330. The summed E-state index contributed by atoms with van der Waals surface area (Å²) in [4.78, 5) is 46.1. The molecule has 8 nitrogen and oxygen atoms in total. The van der Waals surface area contributed by atoms with Gasteiger partial charge in [-0.3, -0.25) is 19.7 Å². The standard InChI is InChI=1S/C20H18FN3O5S/c1-2-28-17(25)10-15-12-30-20(22-15)23-18(26)16-4-3-9-24(19(16)27)29-11-13-5-7-14(21)8-6-13/h3-9,12H,2,10-11H2,1H3,(H,22,23,26). The van der Waals surface area contributed by atoms with Gasteiger partial charge in [0.1, 0.15) is 18.0 Å². The minimum atomic E-state index is -0.656. The molecule has 0 unspecified atom stereocenters. The van der Waals surface area contributed by atoms with Crippen LogP contribution in [0.2, 0.25) is 0 Å². The second kappa shape index (κ2) is 9.79. The molecule has 0 atom stereocenters. The van der Waals surface area contributed by atoms with E-state index < -0.39 is 17.4 Å². The van der Waals surface area contributed by atoms with Crippen LogP contribution in [0.4, 0.5) is 9.52 Å². The Morgan fingerprint density at radius 3 is 2.73 bits per heavy atom. The molecule has 1 amide bonds. The lowest BCUT2D eigenvalue weighted by atomic mass is 10.2. The van der Waals surface area contributed by atoms with E-state index in [0.717, 1.165) is 16.1 Å². The van der Waals surface area contributed by atoms with Crippen molar-refractivity contribution in [2.45, 2.75) is 20.0 Å². The minimum Gasteiger partial charge on any atom is -0.466 e. The highest BCUT2D eigenvalue weighted by atomic mass is 32.1. The topological polar surface area (TPSA) is 99.5 Å². The van der Waals surface area contributed by atoms with E-state index in [0.29, 0.717) is 11.3 Å². The lowest BCUT2D eigenvalue weighted by Gasteiger charge is -2.09. The van der Waals surface area contributed by atoms with Gasteiger partial charge in [0.05, 0.1) is 18.7 Å². The molecule has 1 N–H and O–H groups in total. The summed E-state index contributed by atoms with van der Waals surface area (Å²) in [7, 11) is 0. The summed E-state index contributed by atoms with van der Waals surface area (Å²) in [5.74, 6) is -1.44. The van der Waals surface area contributed by atoms with Crippen LogP contribution in [-0.4, -0.2) is 28.2 Å². The SMILES string of the molecule is CCOC(=O)Cc1csc(NC(=O)c2cccn(OCc3ccc(F)cc3)c2=O)n1. The van der Waals surface area contributed by atoms with E-state index in [1.54, 1.807) is 12.3 Å². The van der Waals surface area contributed by atoms with Gasteiger partial charge in [-0.05, 0) is 36.8 Å². The molecule has 1 aromatic carbocycles. The zero-order valence-electron chi connectivity index (χ0n) is 16.0. The first-order valence-corrected chi connectivity index (χ1v) is 9.85. The van der Waals surface area contributed by atoms with E-state index in [9.17, 15) is 18.8 Å². The largest absolute Gasteiger partial charge is 0.466 e. The minimum absolute atomic E-state index is 0.00439. The highest BCUT2D eigenvalue weighted by Gasteiger charge is 2.16. The van der Waals surface area contributed by atoms with E-state index in [-0.39, 0.29) is 36.1 Å². The van der Waals surface area contributed by atoms with Gasteiger partial charge in [-0.15, -0.1) is 11.3 Å². The Hall–Kier alpha value is -3.53. The smallest absolute Gasteiger partial charge is 0.311 e. The first-order chi connectivity index (χ1) is 14.5. The number of aromatic nitrogens is 2. The number of carbonyl (C=O) groups excluding carboxylic acids is 2. The zero-order valence-corrected chi connectivity index (χ0v) is 16.8. The van der Waals surface area contributed by atoms with Crippen LogP contribution >= 0.6 is 11.3 Å². The van der Waals surface area contributed by atoms with Gasteiger partial charge >= 0.3 is 5.97 Å². The van der Waals surface area contributed by atoms with Crippen molar-refractivity contribution in [3.05, 3.63) is 81.0 Å². The highest BCUT2D eigenvalue weighted by molar-refractivity contribution is 7.14. The summed E-state index contributed by atoms with van der Waals surface area (Å²) < 4.78 is 18.8. The van der Waals surface area contributed by atoms with Crippen molar-refractivity contribution >= 4 is 28.3 Å². The molecule has 0 aliphatic carbocycles. The average molecular weight is 431 g/mol. The van der Waals surface area contributed by atoms with Crippen molar-refractivity contribution in [2.75, 3.05) is 11.9 Å². The van der Waals surface area contributed by atoms with Crippen LogP contribution in [0.1, 0.15) is 28.5 Å². The number of halogens is 1. The molecular weight excluding hydrogens is 413 g/mol. The number of hydrogen-bond donors (Lipinski definition) is 1. The number of thiazole rings is 1. The molecule has 0 spiro atoms. The highest BCUT2D eigenvalue weighted by Crippen LogP contribution is 2.16. The van der Waals surface area contributed by atoms with Crippen LogP contribution in [0, 0.1) is 5.82 Å². The number of nitrogens with one attached hydrogen (secondary N) is 1. The number of nitrogens with zero attached hydrogens (tertiary/aromatic N) is 2. The third-order valence-corrected chi connectivity index (χ3v) is 4.65. The summed E-state index contributed by atoms with van der Waals surface area (Å²) in [6.07, 6.45) is 1.37. The number of carbonyl (C=O) groups is 2. The molecule has 156 valence electrons. The maximum absolute atomic E-state index is 13.0. The molecule has 10 heteroatoms. The predicted octanol–water partition coefficient (Wildman–Crippen LogP) is 2.43. The van der Waals surface area contributed by atoms with E-state index in [1.807, 2.05) is 0 Å². The number of ether oxygens (including phenoxy) is 1. The number of pyridine rings is 1. The lowest BCUT2D eigenvalue weighted by Crippen LogP contribution is -2.32. The van der Waals surface area contributed by atoms with Crippen LogP contribution in [-0.2, 0) is 22.6 Å². The van der Waals surface area contributed by atoms with Crippen molar-refractivity contribution in [3.8, 4) is 0 Å². The van der Waals surface area contributed by atoms with E-state index in [4.69, 9.17) is 9.57 Å². The van der Waals surface area contributed by atoms with Gasteiger partial charge in [0.25, 0.3) is 11.5 Å². The van der Waals surface area contributed by atoms with Crippen molar-refractivity contribution in [1.82, 2.24) is 9.71 Å². The Balaban J connectivity index is 1.65. The Labute approximate surface area is 174 Å². The van der Waals surface area contributed by atoms with Crippen LogP contribution in [0.15, 0.2) is 52.8 Å². The Kier molecular flexibility index (Phi) is 6.91. The van der Waals surface area contributed by atoms with Gasteiger partial charge < -0.3 is 9.57 Å². The van der Waals surface area contributed by atoms with Crippen LogP contribution in [0.5, 0.6) is 0 Å². The lowest BCUT2D eigenvalue weighted by molar-refractivity contribution is -0.142. The Bertz CT molecular complexity index is 1090. The van der Waals surface area contributed by atoms with Gasteiger partial charge in [-0.1, -0.05) is 12.1 Å². The molecule has 0 aliphatic rings. The molecule has 3 rings (SSSR count). The third kappa shape index (κ3) is 5.51. The van der Waals surface area contributed by atoms with Crippen molar-refractivity contribution < 1.29 is 23.6 Å². The van der Waals surface area contributed by atoms with Crippen molar-refractivity contribution in [3.63, 3.8) is 0 Å². The van der Waals surface area contributed by atoms with E-state index in [1.165, 1.54) is 42.6 Å². The maximum atomic E-state index is 13.0. The van der Waals surface area contributed by atoms with Crippen LogP contribution in [0.3, 0.4) is 0 Å². The fourth-order valence-corrected chi connectivity index (χ4v) is 3.15. The maximum Gasteiger partial charge on any atom is 0.311 e. The van der Waals surface area contributed by atoms with Gasteiger partial charge in [0.2, 0.25) is 0 Å². The Morgan fingerprint density at radius 2 is 2.00 bits per heavy atom. The fourth-order valence-electron chi connectivity index (χ4n) is 2.44. The number of anilines is 1. The third-order valence-electron chi connectivity index (χ3n) is 3.85. The molecule has 0 radical (unpaired) electrons. The number of hydrogen-bond acceptors (Lipinski definition) is 7. The summed E-state index contributed by atoms with van der Waals surface area (Å²) >= 11 is 1.13. The predicted molar refractivity (Wildman–Crippen MR) is 108 cm³/mol. The van der Waals surface area contributed by atoms with Gasteiger partial charge in [0, 0.05) is 11.6 Å². The molecule has 0 fully saturated rings. The van der Waals surface area contributed by atoms with E-state index >= 15 is 0 Å². The van der Waals surface area contributed by atoms with Gasteiger partial charge in [-0.25, -0.2) is 9.37 Å². The van der Waals surface area contributed by atoms with Crippen LogP contribution < -0.4 is 15.7 Å². The summed E-state index contributed by atoms with van der Waals surface area (Å²) in [5, 5.41) is 4.42. The zero-order chi connectivity index (χ0) is 21.5. The summed E-state index contributed by atoms with van der Waals surface area (Å²) in [6, 6.07) is 8.50. The quantitative estimate of drug-likeness (QED) is 0.550. The Morgan fingerprint density at radius 1 is 1.23 bits per heavy atom. The average Bonchev–Trinajstić information content (AvgIpc) is 3.15. The van der Waals surface area contributed by atoms with Crippen molar-refractivity contribution in [2.24, 2.45) is 0 Å². The molecule has 0 saturated carbocycles. The first kappa shape index (κ1) is 21.2. The second-order valence-electron chi connectivity index (χ2n) is 6.03. The molecule has 0 bridgehead atoms. The van der Waals surface area contributed by atoms with Crippen molar-refractivity contribution in [1.29, 1.82) is 0 Å². The van der Waals surface area contributed by atoms with E-state index in [2.05, 4.69) is 10.3 Å². The molecular formula is C20H18FN3O5S. The van der Waals surface area contributed by atoms with Gasteiger partial charge in [-0.2, -0.15) is 4.73 Å². The molecule has 2 aromatic heterocycles. The first-order valence-electron chi connectivity index (χ1n) is 8.97. The summed E-state index contributed by atoms with van der Waals surface area (Å²) in [6.45, 7) is 2.01. The molecule has 0 saturated heterocycles. The second-order valence-corrected chi connectivity index (χ2v) is 6.89. The normalized spacial score (nSPS) is 10.5. The molecule has 30 heavy (non-hydrogen) atoms. The fraction of sp³-hybridized carbons (Fsp3) is 0.200. The molecule has 3 aromatic rings. The number of amides is 1.